The molecular weight excluding hydrogens is 236 g/mol. The van der Waals surface area contributed by atoms with Gasteiger partial charge in [-0.1, -0.05) is 5.16 Å². The molecule has 1 rings (SSSR count). The maximum Gasteiger partial charge on any atom is 0.255 e. The summed E-state index contributed by atoms with van der Waals surface area (Å²) < 4.78 is 5.04. The first kappa shape index (κ1) is 13.8. The molecule has 1 aromatic heterocycles. The van der Waals surface area contributed by atoms with Crippen LogP contribution in [0.2, 0.25) is 0 Å². The summed E-state index contributed by atoms with van der Waals surface area (Å²) in [6.07, 6.45) is 3.23. The van der Waals surface area contributed by atoms with Crippen molar-refractivity contribution >= 4 is 11.7 Å². The molecule has 0 radical (unpaired) electrons. The number of aromatic nitrogens is 1. The van der Waals surface area contributed by atoms with Gasteiger partial charge in [-0.15, -0.1) is 0 Å². The number of carbonyl (C=O) groups is 1. The van der Waals surface area contributed by atoms with Gasteiger partial charge in [0.25, 0.3) is 5.91 Å². The van der Waals surface area contributed by atoms with Crippen molar-refractivity contribution in [2.75, 3.05) is 7.11 Å². The summed E-state index contributed by atoms with van der Waals surface area (Å²) in [5, 5.41) is 14.0. The SMILES string of the molecule is COc1cnccc1C(=O)NC(C)C/C(N)=N/O. The predicted molar refractivity (Wildman–Crippen MR) is 65.7 cm³/mol. The van der Waals surface area contributed by atoms with Crippen LogP contribution in [0.4, 0.5) is 0 Å². The highest BCUT2D eigenvalue weighted by atomic mass is 16.5. The van der Waals surface area contributed by atoms with Gasteiger partial charge >= 0.3 is 0 Å². The van der Waals surface area contributed by atoms with Crippen molar-refractivity contribution in [3.8, 4) is 5.75 Å². The van der Waals surface area contributed by atoms with E-state index in [-0.39, 0.29) is 24.2 Å². The molecule has 0 saturated heterocycles. The van der Waals surface area contributed by atoms with Gasteiger partial charge in [0.05, 0.1) is 18.9 Å². The highest BCUT2D eigenvalue weighted by molar-refractivity contribution is 5.97. The van der Waals surface area contributed by atoms with Crippen LogP contribution in [0, 0.1) is 0 Å². The third-order valence-electron chi connectivity index (χ3n) is 2.27. The zero-order valence-electron chi connectivity index (χ0n) is 10.3. The molecule has 1 atom stereocenters. The van der Waals surface area contributed by atoms with Crippen molar-refractivity contribution in [1.82, 2.24) is 10.3 Å². The average Bonchev–Trinajstić information content (AvgIpc) is 2.38. The minimum atomic E-state index is -0.299. The maximum absolute atomic E-state index is 11.9. The average molecular weight is 252 g/mol. The number of rotatable bonds is 5. The molecule has 1 amide bonds. The second-order valence-corrected chi connectivity index (χ2v) is 3.75. The molecule has 0 bridgehead atoms. The second-order valence-electron chi connectivity index (χ2n) is 3.75. The summed E-state index contributed by atoms with van der Waals surface area (Å²) in [7, 11) is 1.47. The Bertz CT molecular complexity index is 448. The number of methoxy groups -OCH3 is 1. The summed E-state index contributed by atoms with van der Waals surface area (Å²) in [6.45, 7) is 1.75. The lowest BCUT2D eigenvalue weighted by molar-refractivity contribution is 0.0938. The monoisotopic (exact) mass is 252 g/mol. The number of nitrogens with one attached hydrogen (secondary N) is 1. The van der Waals surface area contributed by atoms with E-state index in [0.29, 0.717) is 11.3 Å². The number of amidine groups is 1. The Morgan fingerprint density at radius 3 is 3.06 bits per heavy atom. The first-order chi connectivity index (χ1) is 8.58. The zero-order chi connectivity index (χ0) is 13.5. The number of carbonyl (C=O) groups excluding carboxylic acids is 1. The number of oxime groups is 1. The van der Waals surface area contributed by atoms with E-state index in [1.165, 1.54) is 19.5 Å². The number of nitrogens with two attached hydrogens (primary N) is 1. The quantitative estimate of drug-likeness (QED) is 0.303. The van der Waals surface area contributed by atoms with E-state index in [9.17, 15) is 4.79 Å². The lowest BCUT2D eigenvalue weighted by Gasteiger charge is -2.14. The van der Waals surface area contributed by atoms with Gasteiger partial charge in [0.2, 0.25) is 0 Å². The Balaban J connectivity index is 2.70. The molecule has 0 spiro atoms. The summed E-state index contributed by atoms with van der Waals surface area (Å²) in [4.78, 5) is 15.8. The molecule has 0 aromatic carbocycles. The molecule has 1 aromatic rings. The smallest absolute Gasteiger partial charge is 0.255 e. The molecule has 1 unspecified atom stereocenters. The highest BCUT2D eigenvalue weighted by Gasteiger charge is 2.15. The molecule has 18 heavy (non-hydrogen) atoms. The Kier molecular flexibility index (Phi) is 4.91. The van der Waals surface area contributed by atoms with Crippen LogP contribution in [0.1, 0.15) is 23.7 Å². The molecule has 98 valence electrons. The predicted octanol–water partition coefficient (Wildman–Crippen LogP) is 0.345. The summed E-state index contributed by atoms with van der Waals surface area (Å²) >= 11 is 0. The van der Waals surface area contributed by atoms with Crippen LogP contribution in [0.25, 0.3) is 0 Å². The summed E-state index contributed by atoms with van der Waals surface area (Å²) in [5.74, 6) is 0.156. The van der Waals surface area contributed by atoms with Gasteiger partial charge in [0.15, 0.2) is 0 Å². The number of amides is 1. The topological polar surface area (TPSA) is 110 Å². The van der Waals surface area contributed by atoms with E-state index in [1.807, 2.05) is 0 Å². The largest absolute Gasteiger partial charge is 0.494 e. The van der Waals surface area contributed by atoms with Gasteiger partial charge in [0, 0.05) is 18.7 Å². The van der Waals surface area contributed by atoms with Crippen LogP contribution in [0.5, 0.6) is 5.75 Å². The maximum atomic E-state index is 11.9. The number of nitrogens with zero attached hydrogens (tertiary/aromatic N) is 2. The van der Waals surface area contributed by atoms with Crippen LogP contribution in [-0.2, 0) is 0 Å². The summed E-state index contributed by atoms with van der Waals surface area (Å²) in [5.41, 5.74) is 5.75. The molecule has 0 aliphatic rings. The van der Waals surface area contributed by atoms with Gasteiger partial charge in [-0.2, -0.15) is 0 Å². The van der Waals surface area contributed by atoms with Crippen LogP contribution < -0.4 is 15.8 Å². The van der Waals surface area contributed by atoms with E-state index in [4.69, 9.17) is 15.7 Å². The van der Waals surface area contributed by atoms with Crippen molar-refractivity contribution in [3.05, 3.63) is 24.0 Å². The van der Waals surface area contributed by atoms with Crippen LogP contribution in [0.3, 0.4) is 0 Å². The van der Waals surface area contributed by atoms with Gasteiger partial charge in [-0.3, -0.25) is 9.78 Å². The molecule has 0 saturated carbocycles. The molecule has 0 fully saturated rings. The lowest BCUT2D eigenvalue weighted by Crippen LogP contribution is -2.36. The van der Waals surface area contributed by atoms with Crippen molar-refractivity contribution in [2.24, 2.45) is 10.9 Å². The van der Waals surface area contributed by atoms with E-state index in [1.54, 1.807) is 13.0 Å². The van der Waals surface area contributed by atoms with E-state index in [0.717, 1.165) is 0 Å². The number of hydrogen-bond donors (Lipinski definition) is 3. The molecule has 7 nitrogen and oxygen atoms in total. The fourth-order valence-corrected chi connectivity index (χ4v) is 1.44. The number of pyridine rings is 1. The van der Waals surface area contributed by atoms with Crippen molar-refractivity contribution in [3.63, 3.8) is 0 Å². The minimum Gasteiger partial charge on any atom is -0.494 e. The van der Waals surface area contributed by atoms with Crippen molar-refractivity contribution in [2.45, 2.75) is 19.4 Å². The van der Waals surface area contributed by atoms with Crippen molar-refractivity contribution in [1.29, 1.82) is 0 Å². The first-order valence-electron chi connectivity index (χ1n) is 5.33. The molecule has 0 aliphatic carbocycles. The molecule has 7 heteroatoms. The van der Waals surface area contributed by atoms with E-state index >= 15 is 0 Å². The number of ether oxygens (including phenoxy) is 1. The first-order valence-corrected chi connectivity index (χ1v) is 5.33. The normalized spacial score (nSPS) is 12.9. The van der Waals surface area contributed by atoms with E-state index < -0.39 is 0 Å². The Labute approximate surface area is 105 Å². The minimum absolute atomic E-state index is 0.0597. The second kappa shape index (κ2) is 6.43. The van der Waals surface area contributed by atoms with E-state index in [2.05, 4.69) is 15.5 Å². The highest BCUT2D eigenvalue weighted by Crippen LogP contribution is 2.15. The van der Waals surface area contributed by atoms with Gasteiger partial charge < -0.3 is 21.0 Å². The standard InChI is InChI=1S/C11H16N4O3/c1-7(5-10(12)15-17)14-11(16)8-3-4-13-6-9(8)18-2/h3-4,6-7,17H,5H2,1-2H3,(H2,12,15)(H,14,16). The van der Waals surface area contributed by atoms with Crippen LogP contribution >= 0.6 is 0 Å². The van der Waals surface area contributed by atoms with Gasteiger partial charge in [-0.25, -0.2) is 0 Å². The lowest BCUT2D eigenvalue weighted by atomic mass is 10.2. The van der Waals surface area contributed by atoms with Crippen LogP contribution in [-0.4, -0.2) is 35.1 Å². The Hall–Kier alpha value is -2.31. The zero-order valence-corrected chi connectivity index (χ0v) is 10.3. The Morgan fingerprint density at radius 1 is 1.72 bits per heavy atom. The third kappa shape index (κ3) is 3.62. The molecule has 1 heterocycles. The molecular formula is C11H16N4O3. The van der Waals surface area contributed by atoms with Gasteiger partial charge in [0.1, 0.15) is 11.6 Å². The fourth-order valence-electron chi connectivity index (χ4n) is 1.44. The number of hydrogen-bond acceptors (Lipinski definition) is 5. The van der Waals surface area contributed by atoms with Crippen molar-refractivity contribution < 1.29 is 14.7 Å². The fraction of sp³-hybridized carbons (Fsp3) is 0.364. The van der Waals surface area contributed by atoms with Crippen LogP contribution in [0.15, 0.2) is 23.6 Å². The molecule has 0 aliphatic heterocycles. The third-order valence-corrected chi connectivity index (χ3v) is 2.27. The summed E-state index contributed by atoms with van der Waals surface area (Å²) in [6, 6.07) is 1.30. The Morgan fingerprint density at radius 2 is 2.44 bits per heavy atom. The molecule has 4 N–H and O–H groups in total. The van der Waals surface area contributed by atoms with Gasteiger partial charge in [-0.05, 0) is 13.0 Å².